The van der Waals surface area contributed by atoms with Crippen molar-refractivity contribution in [2.75, 3.05) is 27.7 Å². The van der Waals surface area contributed by atoms with Crippen LogP contribution < -0.4 is 5.73 Å². The lowest BCUT2D eigenvalue weighted by atomic mass is 9.95. The van der Waals surface area contributed by atoms with Gasteiger partial charge in [-0.05, 0) is 26.8 Å². The third-order valence-corrected chi connectivity index (χ3v) is 2.81. The minimum atomic E-state index is 0.306. The van der Waals surface area contributed by atoms with Crippen molar-refractivity contribution in [1.29, 1.82) is 0 Å². The van der Waals surface area contributed by atoms with E-state index in [1.54, 1.807) is 0 Å². The van der Waals surface area contributed by atoms with Crippen LogP contribution in [-0.2, 0) is 0 Å². The molecule has 4 heteroatoms. The van der Waals surface area contributed by atoms with Crippen molar-refractivity contribution in [3.63, 3.8) is 0 Å². The van der Waals surface area contributed by atoms with Gasteiger partial charge in [0.15, 0.2) is 0 Å². The second-order valence-corrected chi connectivity index (χ2v) is 4.72. The van der Waals surface area contributed by atoms with Crippen LogP contribution in [0.4, 0.5) is 0 Å². The molecule has 0 heterocycles. The van der Waals surface area contributed by atoms with E-state index >= 15 is 0 Å². The Kier molecular flexibility index (Phi) is 7.82. The Bertz CT molecular complexity index is 121. The summed E-state index contributed by atoms with van der Waals surface area (Å²) in [4.78, 5) is 7.14. The summed E-state index contributed by atoms with van der Waals surface area (Å²) in [5, 5.41) is 0. The Balaban J connectivity index is 0. The Labute approximate surface area is 86.1 Å². The van der Waals surface area contributed by atoms with E-state index in [2.05, 4.69) is 35.0 Å². The first-order chi connectivity index (χ1) is 5.81. The zero-order valence-corrected chi connectivity index (χ0v) is 12.1. The van der Waals surface area contributed by atoms with Crippen molar-refractivity contribution >= 4 is 10.5 Å². The van der Waals surface area contributed by atoms with Gasteiger partial charge in [0.05, 0.1) is 26.7 Å². The van der Waals surface area contributed by atoms with Crippen LogP contribution in [0.5, 0.6) is 0 Å². The van der Waals surface area contributed by atoms with E-state index < -0.39 is 0 Å². The summed E-state index contributed by atoms with van der Waals surface area (Å²) in [5.74, 6) is 0. The fraction of sp³-hybridized carbons (Fsp3) is 1.00. The van der Waals surface area contributed by atoms with Gasteiger partial charge in [-0.2, -0.15) is 0 Å². The fourth-order valence-corrected chi connectivity index (χ4v) is 0.870. The number of rotatable bonds is 4. The molecule has 0 spiro atoms. The van der Waals surface area contributed by atoms with Crippen LogP contribution in [0.3, 0.4) is 0 Å². The molecule has 0 aromatic rings. The maximum atomic E-state index is 7.14. The second kappa shape index (κ2) is 6.54. The van der Waals surface area contributed by atoms with E-state index in [-0.39, 0.29) is 0 Å². The summed E-state index contributed by atoms with van der Waals surface area (Å²) in [6.07, 6.45) is 2.33. The van der Waals surface area contributed by atoms with Gasteiger partial charge in [-0.3, -0.25) is 0 Å². The smallest absolute Gasteiger partial charge is 0.141 e. The molecule has 0 fully saturated rings. The number of nitrogens with two attached hydrogens (primary N) is 1. The Morgan fingerprint density at radius 1 is 1.23 bits per heavy atom. The van der Waals surface area contributed by atoms with Gasteiger partial charge in [0.1, 0.15) is 10.5 Å². The molecule has 0 aliphatic rings. The molecule has 3 nitrogen and oxygen atoms in total. The second-order valence-electron chi connectivity index (χ2n) is 4.72. The first kappa shape index (κ1) is 15.6. The zero-order chi connectivity index (χ0) is 11.1. The highest BCUT2D eigenvalue weighted by molar-refractivity contribution is 5.95. The van der Waals surface area contributed by atoms with Crippen LogP contribution in [0, 0.1) is 0 Å². The summed E-state index contributed by atoms with van der Waals surface area (Å²) < 4.78 is 1.01. The third kappa shape index (κ3) is 6.21. The van der Waals surface area contributed by atoms with Gasteiger partial charge < -0.3 is 15.0 Å². The molecule has 0 saturated carbocycles. The van der Waals surface area contributed by atoms with E-state index in [1.165, 1.54) is 6.42 Å². The molecule has 0 amide bonds. The molecule has 0 aliphatic heterocycles. The SMILES string of the molecule is CC(C)(CCCN)[N+](C)(C)C.O[SiH3]. The van der Waals surface area contributed by atoms with Gasteiger partial charge in [0.2, 0.25) is 0 Å². The van der Waals surface area contributed by atoms with Gasteiger partial charge >= 0.3 is 0 Å². The van der Waals surface area contributed by atoms with Crippen molar-refractivity contribution in [1.82, 2.24) is 0 Å². The number of hydrogen-bond donors (Lipinski definition) is 2. The molecular formula is C9H27N2OSi+. The highest BCUT2D eigenvalue weighted by atomic mass is 28.2. The number of nitrogens with zero attached hydrogens (tertiary/aromatic N) is 1. The molecule has 82 valence electrons. The molecule has 0 unspecified atom stereocenters. The molecule has 0 bridgehead atoms. The van der Waals surface area contributed by atoms with Crippen LogP contribution in [0.2, 0.25) is 0 Å². The molecule has 0 atom stereocenters. The Hall–Kier alpha value is 0.0969. The molecule has 0 radical (unpaired) electrons. The molecule has 13 heavy (non-hydrogen) atoms. The molecule has 3 N–H and O–H groups in total. The van der Waals surface area contributed by atoms with Crippen molar-refractivity contribution in [2.24, 2.45) is 5.73 Å². The molecule has 0 aliphatic carbocycles. The van der Waals surface area contributed by atoms with Gasteiger partial charge in [-0.15, -0.1) is 0 Å². The maximum absolute atomic E-state index is 7.14. The van der Waals surface area contributed by atoms with Crippen LogP contribution in [-0.4, -0.2) is 53.0 Å². The quantitative estimate of drug-likeness (QED) is 0.481. The standard InChI is InChI=1S/C9H23N2.H4OSi/c1-9(2,7-6-8-10)11(3,4)5;1-2/h6-8,10H2,1-5H3;1H,2H3/q+1;. The Morgan fingerprint density at radius 2 is 1.62 bits per heavy atom. The van der Waals surface area contributed by atoms with Crippen molar-refractivity contribution < 1.29 is 9.28 Å². The van der Waals surface area contributed by atoms with Gasteiger partial charge in [-0.1, -0.05) is 0 Å². The van der Waals surface area contributed by atoms with Crippen LogP contribution >= 0.6 is 0 Å². The molecule has 0 rings (SSSR count). The van der Waals surface area contributed by atoms with E-state index in [0.29, 0.717) is 16.0 Å². The predicted molar refractivity (Wildman–Crippen MR) is 62.6 cm³/mol. The zero-order valence-electron chi connectivity index (χ0n) is 10.1. The third-order valence-electron chi connectivity index (χ3n) is 2.81. The number of hydrogen-bond acceptors (Lipinski definition) is 2. The molecular weight excluding hydrogens is 180 g/mol. The minimum absolute atomic E-state index is 0.306. The lowest BCUT2D eigenvalue weighted by Crippen LogP contribution is -2.53. The normalized spacial score (nSPS) is 12.2. The highest BCUT2D eigenvalue weighted by Gasteiger charge is 2.31. The van der Waals surface area contributed by atoms with E-state index in [1.807, 2.05) is 0 Å². The number of quaternary nitrogens is 1. The maximum Gasteiger partial charge on any atom is 0.141 e. The lowest BCUT2D eigenvalue weighted by Gasteiger charge is -2.41. The monoisotopic (exact) mass is 207 g/mol. The summed E-state index contributed by atoms with van der Waals surface area (Å²) in [5.41, 5.74) is 5.82. The average Bonchev–Trinajstić information content (AvgIpc) is 2.03. The van der Waals surface area contributed by atoms with Gasteiger partial charge in [0, 0.05) is 6.42 Å². The van der Waals surface area contributed by atoms with Crippen molar-refractivity contribution in [2.45, 2.75) is 32.2 Å². The summed E-state index contributed by atoms with van der Waals surface area (Å²) in [7, 11) is 7.00. The van der Waals surface area contributed by atoms with Crippen LogP contribution in [0.15, 0.2) is 0 Å². The van der Waals surface area contributed by atoms with E-state index in [9.17, 15) is 0 Å². The van der Waals surface area contributed by atoms with E-state index in [4.69, 9.17) is 10.5 Å². The fourth-order valence-electron chi connectivity index (χ4n) is 0.870. The summed E-state index contributed by atoms with van der Waals surface area (Å²) in [6, 6.07) is 0. The predicted octanol–water partition coefficient (Wildman–Crippen LogP) is -0.531. The minimum Gasteiger partial charge on any atom is -0.442 e. The van der Waals surface area contributed by atoms with E-state index in [0.717, 1.165) is 17.4 Å². The molecule has 0 aromatic carbocycles. The summed E-state index contributed by atoms with van der Waals surface area (Å²) in [6.45, 7) is 5.40. The first-order valence-electron chi connectivity index (χ1n) is 4.77. The Morgan fingerprint density at radius 3 is 1.85 bits per heavy atom. The van der Waals surface area contributed by atoms with Crippen LogP contribution in [0.25, 0.3) is 0 Å². The topological polar surface area (TPSA) is 46.2 Å². The molecule has 0 aromatic heterocycles. The van der Waals surface area contributed by atoms with Gasteiger partial charge in [-0.25, -0.2) is 0 Å². The lowest BCUT2D eigenvalue weighted by molar-refractivity contribution is -0.920. The largest absolute Gasteiger partial charge is 0.442 e. The highest BCUT2D eigenvalue weighted by Crippen LogP contribution is 2.22. The molecule has 0 saturated heterocycles. The van der Waals surface area contributed by atoms with Crippen LogP contribution in [0.1, 0.15) is 26.7 Å². The van der Waals surface area contributed by atoms with Gasteiger partial charge in [0.25, 0.3) is 0 Å². The summed E-state index contributed by atoms with van der Waals surface area (Å²) >= 11 is 0. The average molecular weight is 207 g/mol. The van der Waals surface area contributed by atoms with Crippen molar-refractivity contribution in [3.8, 4) is 0 Å². The van der Waals surface area contributed by atoms with Crippen molar-refractivity contribution in [3.05, 3.63) is 0 Å². The first-order valence-corrected chi connectivity index (χ1v) is 5.67.